The van der Waals surface area contributed by atoms with Crippen molar-refractivity contribution in [3.05, 3.63) is 78.5 Å². The molecule has 7 heteroatoms. The maximum Gasteiger partial charge on any atom is 0.320 e. The van der Waals surface area contributed by atoms with Gasteiger partial charge in [-0.3, -0.25) is 10.2 Å². The number of nitrogens with one attached hydrogen (secondary N) is 2. The van der Waals surface area contributed by atoms with E-state index in [2.05, 4.69) is 32.5 Å². The van der Waals surface area contributed by atoms with E-state index in [-0.39, 0.29) is 6.03 Å². The summed E-state index contributed by atoms with van der Waals surface area (Å²) in [6.07, 6.45) is 1.76. The molecule has 0 bridgehead atoms. The molecule has 0 saturated carbocycles. The molecule has 1 aliphatic heterocycles. The van der Waals surface area contributed by atoms with Gasteiger partial charge in [0.1, 0.15) is 18.2 Å². The zero-order valence-electron chi connectivity index (χ0n) is 19.0. The fourth-order valence-electron chi connectivity index (χ4n) is 3.68. The van der Waals surface area contributed by atoms with Crippen molar-refractivity contribution in [2.75, 3.05) is 51.7 Å². The number of rotatable bonds is 8. The number of amides is 2. The Labute approximate surface area is 195 Å². The summed E-state index contributed by atoms with van der Waals surface area (Å²) in [4.78, 5) is 21.3. The summed E-state index contributed by atoms with van der Waals surface area (Å²) in [6.45, 7) is 6.56. The number of aromatic nitrogens is 1. The van der Waals surface area contributed by atoms with Crippen LogP contribution in [0.5, 0.6) is 5.75 Å². The minimum absolute atomic E-state index is 0.280. The Morgan fingerprint density at radius 2 is 1.67 bits per heavy atom. The Balaban J connectivity index is 1.22. The number of likely N-dealkylation sites (N-methyl/N-ethyl adjacent to an activating group) is 1. The van der Waals surface area contributed by atoms with Gasteiger partial charge in [-0.25, -0.2) is 9.78 Å². The zero-order valence-corrected chi connectivity index (χ0v) is 19.0. The fourth-order valence-corrected chi connectivity index (χ4v) is 3.68. The first kappa shape index (κ1) is 22.8. The van der Waals surface area contributed by atoms with Crippen molar-refractivity contribution in [3.63, 3.8) is 0 Å². The highest BCUT2D eigenvalue weighted by molar-refractivity contribution is 5.88. The average Bonchev–Trinajstić information content (AvgIpc) is 2.86. The van der Waals surface area contributed by atoms with Crippen molar-refractivity contribution in [1.82, 2.24) is 20.1 Å². The van der Waals surface area contributed by atoms with Crippen LogP contribution in [-0.4, -0.2) is 67.2 Å². The second kappa shape index (κ2) is 11.4. The maximum absolute atomic E-state index is 12.1. The first-order valence-electron chi connectivity index (χ1n) is 11.3. The number of ether oxygens (including phenoxy) is 1. The summed E-state index contributed by atoms with van der Waals surface area (Å²) < 4.78 is 5.92. The van der Waals surface area contributed by atoms with E-state index in [4.69, 9.17) is 4.74 Å². The smallest absolute Gasteiger partial charge is 0.320 e. The lowest BCUT2D eigenvalue weighted by Crippen LogP contribution is -2.45. The van der Waals surface area contributed by atoms with Gasteiger partial charge in [0, 0.05) is 51.0 Å². The quantitative estimate of drug-likeness (QED) is 0.553. The van der Waals surface area contributed by atoms with Crippen LogP contribution >= 0.6 is 0 Å². The number of benzene rings is 2. The lowest BCUT2D eigenvalue weighted by atomic mass is 10.1. The lowest BCUT2D eigenvalue weighted by Gasteiger charge is -2.32. The molecule has 7 nitrogen and oxygen atoms in total. The van der Waals surface area contributed by atoms with Gasteiger partial charge in [-0.1, -0.05) is 42.5 Å². The third kappa shape index (κ3) is 7.03. The van der Waals surface area contributed by atoms with E-state index in [1.54, 1.807) is 12.3 Å². The molecule has 1 aliphatic rings. The number of nitrogens with zero attached hydrogens (tertiary/aromatic N) is 3. The molecule has 2 amide bonds. The Hall–Kier alpha value is -3.42. The molecule has 172 valence electrons. The molecule has 0 aliphatic carbocycles. The third-order valence-corrected chi connectivity index (χ3v) is 5.76. The molecule has 0 spiro atoms. The highest BCUT2D eigenvalue weighted by Crippen LogP contribution is 2.22. The number of piperazine rings is 1. The van der Waals surface area contributed by atoms with Crippen molar-refractivity contribution in [1.29, 1.82) is 0 Å². The van der Waals surface area contributed by atoms with E-state index in [9.17, 15) is 4.79 Å². The summed E-state index contributed by atoms with van der Waals surface area (Å²) in [5.74, 6) is 1.38. The standard InChI is InChI=1S/C26H31N5O2/c1-30-13-15-31(16-14-30)17-18-33-24-10-7-22(8-11-24)23-9-12-25(27-20-23)29-26(32)28-19-21-5-3-2-4-6-21/h2-12,20H,13-19H2,1H3,(H2,27,28,29,32). The predicted molar refractivity (Wildman–Crippen MR) is 131 cm³/mol. The van der Waals surface area contributed by atoms with Crippen LogP contribution in [0.25, 0.3) is 11.1 Å². The molecule has 1 fully saturated rings. The van der Waals surface area contributed by atoms with Crippen molar-refractivity contribution in [3.8, 4) is 16.9 Å². The molecule has 0 unspecified atom stereocenters. The highest BCUT2D eigenvalue weighted by Gasteiger charge is 2.13. The largest absolute Gasteiger partial charge is 0.492 e. The minimum Gasteiger partial charge on any atom is -0.492 e. The lowest BCUT2D eigenvalue weighted by molar-refractivity contribution is 0.134. The fraction of sp³-hybridized carbons (Fsp3) is 0.308. The van der Waals surface area contributed by atoms with Crippen LogP contribution < -0.4 is 15.4 Å². The van der Waals surface area contributed by atoms with Gasteiger partial charge in [0.25, 0.3) is 0 Å². The minimum atomic E-state index is -0.280. The van der Waals surface area contributed by atoms with E-state index in [0.29, 0.717) is 19.0 Å². The van der Waals surface area contributed by atoms with Gasteiger partial charge in [0.2, 0.25) is 0 Å². The normalized spacial score (nSPS) is 14.6. The summed E-state index contributed by atoms with van der Waals surface area (Å²) in [6, 6.07) is 21.3. The number of hydrogen-bond acceptors (Lipinski definition) is 5. The van der Waals surface area contributed by atoms with E-state index in [1.807, 2.05) is 60.7 Å². The van der Waals surface area contributed by atoms with Crippen LogP contribution in [0, 0.1) is 0 Å². The molecule has 33 heavy (non-hydrogen) atoms. The molecule has 3 aromatic rings. The van der Waals surface area contributed by atoms with Crippen LogP contribution in [-0.2, 0) is 6.54 Å². The van der Waals surface area contributed by atoms with Crippen molar-refractivity contribution in [2.24, 2.45) is 0 Å². The van der Waals surface area contributed by atoms with E-state index < -0.39 is 0 Å². The van der Waals surface area contributed by atoms with Gasteiger partial charge in [0.05, 0.1) is 0 Å². The Morgan fingerprint density at radius 3 is 2.36 bits per heavy atom. The van der Waals surface area contributed by atoms with Crippen LogP contribution in [0.3, 0.4) is 0 Å². The summed E-state index contributed by atoms with van der Waals surface area (Å²) in [5, 5.41) is 5.60. The van der Waals surface area contributed by atoms with Crippen molar-refractivity contribution >= 4 is 11.8 Å². The molecule has 1 aromatic heterocycles. The van der Waals surface area contributed by atoms with Crippen LogP contribution in [0.2, 0.25) is 0 Å². The molecule has 2 N–H and O–H groups in total. The highest BCUT2D eigenvalue weighted by atomic mass is 16.5. The SMILES string of the molecule is CN1CCN(CCOc2ccc(-c3ccc(NC(=O)NCc4ccccc4)nc3)cc2)CC1. The number of urea groups is 1. The van der Waals surface area contributed by atoms with Crippen LogP contribution in [0.15, 0.2) is 72.9 Å². The molecule has 0 atom stereocenters. The van der Waals surface area contributed by atoms with Crippen molar-refractivity contribution in [2.45, 2.75) is 6.54 Å². The maximum atomic E-state index is 12.1. The summed E-state index contributed by atoms with van der Waals surface area (Å²) in [7, 11) is 2.17. The molecule has 4 rings (SSSR count). The molecule has 0 radical (unpaired) electrons. The molecular formula is C26H31N5O2. The first-order chi connectivity index (χ1) is 16.2. The summed E-state index contributed by atoms with van der Waals surface area (Å²) >= 11 is 0. The second-order valence-electron chi connectivity index (χ2n) is 8.24. The van der Waals surface area contributed by atoms with Crippen LogP contribution in [0.1, 0.15) is 5.56 Å². The van der Waals surface area contributed by atoms with Gasteiger partial charge in [-0.05, 0) is 42.4 Å². The first-order valence-corrected chi connectivity index (χ1v) is 11.3. The number of carbonyl (C=O) groups is 1. The number of hydrogen-bond donors (Lipinski definition) is 2. The van der Waals surface area contributed by atoms with Gasteiger partial charge in [-0.15, -0.1) is 0 Å². The number of pyridine rings is 1. The number of carbonyl (C=O) groups excluding carboxylic acids is 1. The molecule has 2 aromatic carbocycles. The Morgan fingerprint density at radius 1 is 0.939 bits per heavy atom. The third-order valence-electron chi connectivity index (χ3n) is 5.76. The van der Waals surface area contributed by atoms with Gasteiger partial charge in [0.15, 0.2) is 0 Å². The zero-order chi connectivity index (χ0) is 22.9. The van der Waals surface area contributed by atoms with Gasteiger partial charge < -0.3 is 15.0 Å². The summed E-state index contributed by atoms with van der Waals surface area (Å²) in [5.41, 5.74) is 3.07. The number of anilines is 1. The van der Waals surface area contributed by atoms with Crippen LogP contribution in [0.4, 0.5) is 10.6 Å². The topological polar surface area (TPSA) is 69.7 Å². The predicted octanol–water partition coefficient (Wildman–Crippen LogP) is 3.70. The Kier molecular flexibility index (Phi) is 7.90. The average molecular weight is 446 g/mol. The van der Waals surface area contributed by atoms with Crippen molar-refractivity contribution < 1.29 is 9.53 Å². The van der Waals surface area contributed by atoms with E-state index in [0.717, 1.165) is 55.2 Å². The van der Waals surface area contributed by atoms with E-state index >= 15 is 0 Å². The van der Waals surface area contributed by atoms with E-state index in [1.165, 1.54) is 0 Å². The molecule has 1 saturated heterocycles. The Bertz CT molecular complexity index is 1000. The molecular weight excluding hydrogens is 414 g/mol. The van der Waals surface area contributed by atoms with Gasteiger partial charge in [-0.2, -0.15) is 0 Å². The molecule has 2 heterocycles. The second-order valence-corrected chi connectivity index (χ2v) is 8.24. The van der Waals surface area contributed by atoms with Gasteiger partial charge >= 0.3 is 6.03 Å². The monoisotopic (exact) mass is 445 g/mol.